The SMILES string of the molecule is CC(c1nc(-c2cccs2)no1)N(C)CC(=O)Nc1ccc(N2CCOCC2)cc1. The molecule has 1 aliphatic rings. The van der Waals surface area contributed by atoms with Crippen molar-refractivity contribution in [3.8, 4) is 10.7 Å². The minimum atomic E-state index is -0.180. The Labute approximate surface area is 179 Å². The Hall–Kier alpha value is -2.75. The second kappa shape index (κ2) is 9.38. The first-order chi connectivity index (χ1) is 14.6. The summed E-state index contributed by atoms with van der Waals surface area (Å²) in [6.07, 6.45) is 0. The predicted molar refractivity (Wildman–Crippen MR) is 117 cm³/mol. The number of amides is 1. The highest BCUT2D eigenvalue weighted by atomic mass is 32.1. The molecule has 1 fully saturated rings. The number of hydrogen-bond donors (Lipinski definition) is 1. The Balaban J connectivity index is 1.31. The van der Waals surface area contributed by atoms with Gasteiger partial charge in [-0.15, -0.1) is 11.3 Å². The number of morpholine rings is 1. The number of carbonyl (C=O) groups excluding carboxylic acids is 1. The highest BCUT2D eigenvalue weighted by Crippen LogP contribution is 2.25. The van der Waals surface area contributed by atoms with Crippen LogP contribution in [0.15, 0.2) is 46.3 Å². The lowest BCUT2D eigenvalue weighted by Gasteiger charge is -2.29. The fourth-order valence-corrected chi connectivity index (χ4v) is 3.89. The molecule has 0 aliphatic carbocycles. The molecule has 0 spiro atoms. The quantitative estimate of drug-likeness (QED) is 0.619. The molecule has 1 aromatic carbocycles. The van der Waals surface area contributed by atoms with E-state index in [-0.39, 0.29) is 18.5 Å². The molecule has 1 atom stereocenters. The van der Waals surface area contributed by atoms with E-state index < -0.39 is 0 Å². The maximum absolute atomic E-state index is 12.5. The van der Waals surface area contributed by atoms with E-state index >= 15 is 0 Å². The summed E-state index contributed by atoms with van der Waals surface area (Å²) in [7, 11) is 1.86. The molecule has 1 amide bonds. The van der Waals surface area contributed by atoms with Crippen LogP contribution in [0, 0.1) is 0 Å². The van der Waals surface area contributed by atoms with Crippen molar-refractivity contribution in [2.24, 2.45) is 0 Å². The van der Waals surface area contributed by atoms with Gasteiger partial charge in [0.05, 0.1) is 30.7 Å². The van der Waals surface area contributed by atoms with Crippen LogP contribution in [-0.2, 0) is 9.53 Å². The number of carbonyl (C=O) groups is 1. The van der Waals surface area contributed by atoms with E-state index in [9.17, 15) is 4.79 Å². The maximum atomic E-state index is 12.5. The summed E-state index contributed by atoms with van der Waals surface area (Å²) in [6.45, 7) is 5.42. The molecule has 2 aromatic heterocycles. The van der Waals surface area contributed by atoms with Crippen LogP contribution in [0.25, 0.3) is 10.7 Å². The first kappa shape index (κ1) is 20.5. The lowest BCUT2D eigenvalue weighted by atomic mass is 10.2. The summed E-state index contributed by atoms with van der Waals surface area (Å²) in [5, 5.41) is 8.96. The topological polar surface area (TPSA) is 83.7 Å². The number of aromatic nitrogens is 2. The Morgan fingerprint density at radius 3 is 2.73 bits per heavy atom. The highest BCUT2D eigenvalue weighted by molar-refractivity contribution is 7.13. The number of nitrogens with one attached hydrogen (secondary N) is 1. The zero-order chi connectivity index (χ0) is 20.9. The van der Waals surface area contributed by atoms with Gasteiger partial charge in [-0.1, -0.05) is 11.2 Å². The molecule has 4 rings (SSSR count). The van der Waals surface area contributed by atoms with Crippen LogP contribution >= 0.6 is 11.3 Å². The minimum absolute atomic E-state index is 0.0959. The van der Waals surface area contributed by atoms with Crippen molar-refractivity contribution in [2.75, 3.05) is 50.1 Å². The Morgan fingerprint density at radius 1 is 1.27 bits per heavy atom. The molecule has 0 radical (unpaired) electrons. The molecule has 1 aliphatic heterocycles. The molecule has 0 saturated carbocycles. The van der Waals surface area contributed by atoms with Crippen molar-refractivity contribution in [3.63, 3.8) is 0 Å². The van der Waals surface area contributed by atoms with E-state index in [0.29, 0.717) is 11.7 Å². The minimum Gasteiger partial charge on any atom is -0.378 e. The third-order valence-electron chi connectivity index (χ3n) is 5.12. The van der Waals surface area contributed by atoms with Gasteiger partial charge in [-0.2, -0.15) is 4.98 Å². The summed E-state index contributed by atoms with van der Waals surface area (Å²) in [4.78, 5) is 22.1. The zero-order valence-electron chi connectivity index (χ0n) is 17.1. The average Bonchev–Trinajstić information content (AvgIpc) is 3.46. The van der Waals surface area contributed by atoms with Crippen molar-refractivity contribution >= 4 is 28.6 Å². The van der Waals surface area contributed by atoms with Gasteiger partial charge < -0.3 is 19.5 Å². The summed E-state index contributed by atoms with van der Waals surface area (Å²) < 4.78 is 10.8. The third kappa shape index (κ3) is 4.86. The molecular weight excluding hydrogens is 402 g/mol. The number of anilines is 2. The number of likely N-dealkylation sites (N-methyl/N-ethyl adjacent to an activating group) is 1. The lowest BCUT2D eigenvalue weighted by Crippen LogP contribution is -2.36. The van der Waals surface area contributed by atoms with Crippen LogP contribution in [-0.4, -0.2) is 60.8 Å². The smallest absolute Gasteiger partial charge is 0.244 e. The maximum Gasteiger partial charge on any atom is 0.244 e. The van der Waals surface area contributed by atoms with Crippen LogP contribution in [0.4, 0.5) is 11.4 Å². The first-order valence-electron chi connectivity index (χ1n) is 9.90. The number of nitrogens with zero attached hydrogens (tertiary/aromatic N) is 4. The Morgan fingerprint density at radius 2 is 2.03 bits per heavy atom. The van der Waals surface area contributed by atoms with Crippen molar-refractivity contribution < 1.29 is 14.1 Å². The Bertz CT molecular complexity index is 951. The fourth-order valence-electron chi connectivity index (χ4n) is 3.24. The van der Waals surface area contributed by atoms with Gasteiger partial charge in [0.15, 0.2) is 0 Å². The normalized spacial score (nSPS) is 15.4. The van der Waals surface area contributed by atoms with Gasteiger partial charge in [-0.25, -0.2) is 0 Å². The van der Waals surface area contributed by atoms with Gasteiger partial charge >= 0.3 is 0 Å². The van der Waals surface area contributed by atoms with E-state index in [1.54, 1.807) is 11.3 Å². The van der Waals surface area contributed by atoms with E-state index in [1.807, 2.05) is 60.6 Å². The molecule has 3 heterocycles. The van der Waals surface area contributed by atoms with E-state index in [1.165, 1.54) is 0 Å². The summed E-state index contributed by atoms with van der Waals surface area (Å²) in [5.41, 5.74) is 1.91. The van der Waals surface area contributed by atoms with Crippen molar-refractivity contribution in [1.82, 2.24) is 15.0 Å². The van der Waals surface area contributed by atoms with Gasteiger partial charge in [-0.05, 0) is 49.7 Å². The second-order valence-electron chi connectivity index (χ2n) is 7.22. The Kier molecular flexibility index (Phi) is 6.41. The molecule has 158 valence electrons. The van der Waals surface area contributed by atoms with Crippen LogP contribution in [0.2, 0.25) is 0 Å². The number of hydrogen-bond acceptors (Lipinski definition) is 8. The van der Waals surface area contributed by atoms with Crippen LogP contribution < -0.4 is 10.2 Å². The summed E-state index contributed by atoms with van der Waals surface area (Å²) >= 11 is 1.56. The number of benzene rings is 1. The van der Waals surface area contributed by atoms with Crippen molar-refractivity contribution in [3.05, 3.63) is 47.7 Å². The molecule has 1 unspecified atom stereocenters. The van der Waals surface area contributed by atoms with Crippen LogP contribution in [0.5, 0.6) is 0 Å². The third-order valence-corrected chi connectivity index (χ3v) is 5.99. The largest absolute Gasteiger partial charge is 0.378 e. The standard InChI is InChI=1S/C21H25N5O3S/c1-15(21-23-20(24-29-21)18-4-3-13-30-18)25(2)14-19(27)22-16-5-7-17(8-6-16)26-9-11-28-12-10-26/h3-8,13,15H,9-12,14H2,1-2H3,(H,22,27). The van der Waals surface area contributed by atoms with Crippen LogP contribution in [0.3, 0.4) is 0 Å². The number of ether oxygens (including phenoxy) is 1. The monoisotopic (exact) mass is 427 g/mol. The van der Waals surface area contributed by atoms with Gasteiger partial charge in [-0.3, -0.25) is 9.69 Å². The molecule has 8 nitrogen and oxygen atoms in total. The summed E-state index contributed by atoms with van der Waals surface area (Å²) in [5.74, 6) is 0.968. The molecule has 1 saturated heterocycles. The molecule has 0 bridgehead atoms. The molecule has 1 N–H and O–H groups in total. The number of thiophene rings is 1. The van der Waals surface area contributed by atoms with E-state index in [4.69, 9.17) is 9.26 Å². The molecule has 9 heteroatoms. The van der Waals surface area contributed by atoms with Gasteiger partial charge in [0.1, 0.15) is 0 Å². The van der Waals surface area contributed by atoms with E-state index in [2.05, 4.69) is 20.4 Å². The fraction of sp³-hybridized carbons (Fsp3) is 0.381. The summed E-state index contributed by atoms with van der Waals surface area (Å²) in [6, 6.07) is 11.6. The van der Waals surface area contributed by atoms with Crippen molar-refractivity contribution in [1.29, 1.82) is 0 Å². The van der Waals surface area contributed by atoms with E-state index in [0.717, 1.165) is 42.6 Å². The lowest BCUT2D eigenvalue weighted by molar-refractivity contribution is -0.117. The second-order valence-corrected chi connectivity index (χ2v) is 8.17. The molecule has 3 aromatic rings. The molecular formula is C21H25N5O3S. The number of rotatable bonds is 7. The van der Waals surface area contributed by atoms with Crippen molar-refractivity contribution in [2.45, 2.75) is 13.0 Å². The first-order valence-corrected chi connectivity index (χ1v) is 10.8. The zero-order valence-corrected chi connectivity index (χ0v) is 17.9. The van der Waals surface area contributed by atoms with Gasteiger partial charge in [0.2, 0.25) is 17.6 Å². The van der Waals surface area contributed by atoms with Gasteiger partial charge in [0, 0.05) is 24.5 Å². The highest BCUT2D eigenvalue weighted by Gasteiger charge is 2.21. The predicted octanol–water partition coefficient (Wildman–Crippen LogP) is 3.27. The average molecular weight is 428 g/mol. The van der Waals surface area contributed by atoms with Crippen LogP contribution in [0.1, 0.15) is 18.9 Å². The van der Waals surface area contributed by atoms with Gasteiger partial charge in [0.25, 0.3) is 0 Å². The molecule has 30 heavy (non-hydrogen) atoms.